The Morgan fingerprint density at radius 3 is 2.46 bits per heavy atom. The zero-order valence-electron chi connectivity index (χ0n) is 13.5. The number of carbonyl (C=O) groups is 2. The number of hydrogen-bond donors (Lipinski definition) is 0. The monoisotopic (exact) mass is 392 g/mol. The quantitative estimate of drug-likeness (QED) is 0.748. The number of rotatable bonds is 3. The van der Waals surface area contributed by atoms with Crippen LogP contribution in [0.1, 0.15) is 18.4 Å². The highest BCUT2D eigenvalue weighted by Gasteiger charge is 2.63. The summed E-state index contributed by atoms with van der Waals surface area (Å²) < 4.78 is 7.28. The first kappa shape index (κ1) is 16.2. The van der Waals surface area contributed by atoms with Crippen LogP contribution in [0.4, 0.5) is 5.95 Å². The minimum atomic E-state index is -0.390. The molecule has 4 heterocycles. The van der Waals surface area contributed by atoms with Crippen molar-refractivity contribution < 1.29 is 14.3 Å². The van der Waals surface area contributed by atoms with Gasteiger partial charge < -0.3 is 4.74 Å². The van der Waals surface area contributed by atoms with Crippen molar-refractivity contribution in [2.24, 2.45) is 11.8 Å². The Labute approximate surface area is 158 Å². The van der Waals surface area contributed by atoms with Crippen molar-refractivity contribution >= 4 is 41.0 Å². The van der Waals surface area contributed by atoms with Gasteiger partial charge in [0.15, 0.2) is 0 Å². The minimum absolute atomic E-state index is 0.110. The van der Waals surface area contributed by atoms with Crippen LogP contribution in [0.25, 0.3) is 0 Å². The first-order chi connectivity index (χ1) is 12.5. The zero-order valence-corrected chi connectivity index (χ0v) is 15.0. The van der Waals surface area contributed by atoms with Crippen molar-refractivity contribution in [2.75, 3.05) is 4.90 Å². The van der Waals surface area contributed by atoms with Crippen molar-refractivity contribution in [3.05, 3.63) is 40.1 Å². The summed E-state index contributed by atoms with van der Waals surface area (Å²) in [5.74, 6) is -1.18. The maximum absolute atomic E-state index is 12.7. The SMILES string of the molecule is O=C1[C@H]2[C@H](C(=O)N1c1ncn(Cc3ccc(Cl)cc3Cl)n1)[C@H]1CC[C@H]2O1. The Morgan fingerprint density at radius 1 is 1.12 bits per heavy atom. The van der Waals surface area contributed by atoms with E-state index < -0.39 is 0 Å². The average Bonchev–Trinajstić information content (AvgIpc) is 3.35. The van der Waals surface area contributed by atoms with Gasteiger partial charge in [0.1, 0.15) is 6.33 Å². The molecule has 2 bridgehead atoms. The van der Waals surface area contributed by atoms with Gasteiger partial charge in [0.2, 0.25) is 11.8 Å². The summed E-state index contributed by atoms with van der Waals surface area (Å²) in [7, 11) is 0. The third-order valence-electron chi connectivity index (χ3n) is 5.36. The normalized spacial score (nSPS) is 29.7. The van der Waals surface area contributed by atoms with E-state index in [0.29, 0.717) is 16.6 Å². The number of halogens is 2. The Kier molecular flexibility index (Phi) is 3.60. The first-order valence-electron chi connectivity index (χ1n) is 8.39. The molecule has 3 aliphatic rings. The standard InChI is InChI=1S/C17H14Cl2N4O3/c18-9-2-1-8(10(19)5-9)6-22-7-20-17(21-22)23-15(24)13-11-3-4-12(26-11)14(13)16(23)25/h1-2,5,7,11-14H,3-4,6H2/t11-,12-,13-,14-/m1/s1. The van der Waals surface area contributed by atoms with Crippen LogP contribution in [-0.4, -0.2) is 38.8 Å². The number of carbonyl (C=O) groups excluding carboxylic acids is 2. The smallest absolute Gasteiger partial charge is 0.258 e. The molecule has 3 saturated heterocycles. The van der Waals surface area contributed by atoms with Crippen LogP contribution < -0.4 is 4.90 Å². The van der Waals surface area contributed by atoms with Gasteiger partial charge in [-0.05, 0) is 30.5 Å². The van der Waals surface area contributed by atoms with E-state index >= 15 is 0 Å². The Morgan fingerprint density at radius 2 is 1.81 bits per heavy atom. The summed E-state index contributed by atoms with van der Waals surface area (Å²) in [6.07, 6.45) is 2.84. The number of benzene rings is 1. The molecule has 0 unspecified atom stereocenters. The molecule has 3 aliphatic heterocycles. The molecule has 7 nitrogen and oxygen atoms in total. The molecule has 2 aromatic rings. The Hall–Kier alpha value is -1.96. The van der Waals surface area contributed by atoms with Gasteiger partial charge in [0.25, 0.3) is 5.95 Å². The van der Waals surface area contributed by atoms with Gasteiger partial charge >= 0.3 is 0 Å². The lowest BCUT2D eigenvalue weighted by molar-refractivity contribution is -0.124. The summed E-state index contributed by atoms with van der Waals surface area (Å²) in [6.45, 7) is 0.362. The lowest BCUT2D eigenvalue weighted by Gasteiger charge is -2.14. The summed E-state index contributed by atoms with van der Waals surface area (Å²) in [4.78, 5) is 30.8. The highest BCUT2D eigenvalue weighted by atomic mass is 35.5. The van der Waals surface area contributed by atoms with E-state index in [-0.39, 0.29) is 41.8 Å². The van der Waals surface area contributed by atoms with Crippen LogP contribution in [-0.2, 0) is 20.9 Å². The minimum Gasteiger partial charge on any atom is -0.373 e. The summed E-state index contributed by atoms with van der Waals surface area (Å²) in [5, 5.41) is 5.38. The zero-order chi connectivity index (χ0) is 18.0. The van der Waals surface area contributed by atoms with E-state index in [9.17, 15) is 9.59 Å². The second kappa shape index (κ2) is 5.77. The molecule has 0 spiro atoms. The maximum Gasteiger partial charge on any atom is 0.258 e. The van der Waals surface area contributed by atoms with E-state index in [1.54, 1.807) is 22.9 Å². The fraction of sp³-hybridized carbons (Fsp3) is 0.412. The number of aromatic nitrogens is 3. The van der Waals surface area contributed by atoms with E-state index in [0.717, 1.165) is 23.3 Å². The van der Waals surface area contributed by atoms with Gasteiger partial charge in [-0.15, -0.1) is 5.10 Å². The molecule has 4 atom stereocenters. The average molecular weight is 393 g/mol. The van der Waals surface area contributed by atoms with Gasteiger partial charge in [-0.2, -0.15) is 4.98 Å². The number of ether oxygens (including phenoxy) is 1. The van der Waals surface area contributed by atoms with Crippen LogP contribution in [0.5, 0.6) is 0 Å². The second-order valence-corrected chi connectivity index (χ2v) is 7.68. The van der Waals surface area contributed by atoms with E-state index in [1.165, 1.54) is 6.33 Å². The molecule has 134 valence electrons. The van der Waals surface area contributed by atoms with Crippen LogP contribution in [0.2, 0.25) is 10.0 Å². The molecule has 26 heavy (non-hydrogen) atoms. The molecule has 1 aromatic carbocycles. The lowest BCUT2D eigenvalue weighted by atomic mass is 9.81. The van der Waals surface area contributed by atoms with E-state index in [1.807, 2.05) is 0 Å². The predicted octanol–water partition coefficient (Wildman–Crippen LogP) is 2.30. The van der Waals surface area contributed by atoms with Gasteiger partial charge in [-0.3, -0.25) is 9.59 Å². The van der Waals surface area contributed by atoms with Crippen molar-refractivity contribution in [1.29, 1.82) is 0 Å². The number of hydrogen-bond acceptors (Lipinski definition) is 5. The largest absolute Gasteiger partial charge is 0.373 e. The first-order valence-corrected chi connectivity index (χ1v) is 9.15. The van der Waals surface area contributed by atoms with Gasteiger partial charge in [0.05, 0.1) is 30.6 Å². The van der Waals surface area contributed by atoms with E-state index in [4.69, 9.17) is 27.9 Å². The Bertz CT molecular complexity index is 902. The van der Waals surface area contributed by atoms with Crippen LogP contribution >= 0.6 is 23.2 Å². The fourth-order valence-electron chi connectivity index (χ4n) is 4.20. The predicted molar refractivity (Wildman–Crippen MR) is 93.0 cm³/mol. The fourth-order valence-corrected chi connectivity index (χ4v) is 4.67. The molecular formula is C17H14Cl2N4O3. The summed E-state index contributed by atoms with van der Waals surface area (Å²) in [5.41, 5.74) is 0.815. The third-order valence-corrected chi connectivity index (χ3v) is 5.94. The molecule has 9 heteroatoms. The van der Waals surface area contributed by atoms with Crippen LogP contribution in [0.15, 0.2) is 24.5 Å². The molecule has 5 rings (SSSR count). The third kappa shape index (κ3) is 2.31. The van der Waals surface area contributed by atoms with Crippen molar-refractivity contribution in [3.63, 3.8) is 0 Å². The number of anilines is 1. The summed E-state index contributed by atoms with van der Waals surface area (Å²) in [6, 6.07) is 5.20. The van der Waals surface area contributed by atoms with Gasteiger partial charge in [-0.25, -0.2) is 9.58 Å². The molecule has 0 saturated carbocycles. The Balaban J connectivity index is 1.40. The number of nitrogens with zero attached hydrogens (tertiary/aromatic N) is 4. The number of imide groups is 1. The van der Waals surface area contributed by atoms with Crippen molar-refractivity contribution in [2.45, 2.75) is 31.6 Å². The molecule has 0 aliphatic carbocycles. The number of amides is 2. The molecule has 0 N–H and O–H groups in total. The van der Waals surface area contributed by atoms with Crippen LogP contribution in [0, 0.1) is 11.8 Å². The lowest BCUT2D eigenvalue weighted by Crippen LogP contribution is -2.35. The molecule has 1 aromatic heterocycles. The van der Waals surface area contributed by atoms with E-state index in [2.05, 4.69) is 10.1 Å². The van der Waals surface area contributed by atoms with Gasteiger partial charge in [-0.1, -0.05) is 29.3 Å². The van der Waals surface area contributed by atoms with Gasteiger partial charge in [0, 0.05) is 10.0 Å². The molecule has 3 fully saturated rings. The molecule has 2 amide bonds. The van der Waals surface area contributed by atoms with Crippen LogP contribution in [0.3, 0.4) is 0 Å². The maximum atomic E-state index is 12.7. The second-order valence-electron chi connectivity index (χ2n) is 6.83. The van der Waals surface area contributed by atoms with Crippen molar-refractivity contribution in [3.8, 4) is 0 Å². The molecule has 0 radical (unpaired) electrons. The van der Waals surface area contributed by atoms with Crippen molar-refractivity contribution in [1.82, 2.24) is 14.8 Å². The molecular weight excluding hydrogens is 379 g/mol. The summed E-state index contributed by atoms with van der Waals surface area (Å²) >= 11 is 12.1. The number of fused-ring (bicyclic) bond motifs is 5. The topological polar surface area (TPSA) is 77.3 Å². The highest BCUT2D eigenvalue weighted by Crippen LogP contribution is 2.48. The highest BCUT2D eigenvalue weighted by molar-refractivity contribution is 6.35.